The van der Waals surface area contributed by atoms with E-state index in [2.05, 4.69) is 73.2 Å². The van der Waals surface area contributed by atoms with Gasteiger partial charge in [-0.15, -0.1) is 0 Å². The Hall–Kier alpha value is -0.830. The van der Waals surface area contributed by atoms with Crippen molar-refractivity contribution in [2.24, 2.45) is 11.3 Å². The highest BCUT2D eigenvalue weighted by molar-refractivity contribution is 9.10. The number of benzene rings is 1. The lowest BCUT2D eigenvalue weighted by atomic mass is 9.85. The van der Waals surface area contributed by atoms with Crippen molar-refractivity contribution in [1.29, 1.82) is 0 Å². The zero-order valence-electron chi connectivity index (χ0n) is 13.0. The normalized spacial score (nSPS) is 11.7. The first-order valence-electron chi connectivity index (χ1n) is 7.40. The number of rotatable bonds is 7. The number of halogens is 1. The predicted octanol–water partition coefficient (Wildman–Crippen LogP) is 4.57. The second-order valence-corrected chi connectivity index (χ2v) is 7.11. The first-order chi connectivity index (χ1) is 9.38. The molecular weight excluding hydrogens is 314 g/mol. The highest BCUT2D eigenvalue weighted by Crippen LogP contribution is 2.22. The summed E-state index contributed by atoms with van der Waals surface area (Å²) in [7, 11) is 0. The average molecular weight is 340 g/mol. The summed E-state index contributed by atoms with van der Waals surface area (Å²) in [5.74, 6) is 0.345. The SMILES string of the molecule is CCC(CC)C(=O)NCC(C)(C)Cc1ccc(Br)cc1. The van der Waals surface area contributed by atoms with E-state index in [0.717, 1.165) is 30.3 Å². The van der Waals surface area contributed by atoms with Gasteiger partial charge in [-0.1, -0.05) is 55.8 Å². The smallest absolute Gasteiger partial charge is 0.223 e. The number of carbonyl (C=O) groups is 1. The average Bonchev–Trinajstić information content (AvgIpc) is 2.40. The Balaban J connectivity index is 2.52. The van der Waals surface area contributed by atoms with Crippen molar-refractivity contribution in [2.45, 2.75) is 47.0 Å². The first kappa shape index (κ1) is 17.2. The molecule has 0 aliphatic heterocycles. The lowest BCUT2D eigenvalue weighted by Gasteiger charge is -2.26. The molecule has 1 aromatic carbocycles. The molecule has 20 heavy (non-hydrogen) atoms. The lowest BCUT2D eigenvalue weighted by molar-refractivity contribution is -0.125. The van der Waals surface area contributed by atoms with Crippen molar-refractivity contribution in [3.63, 3.8) is 0 Å². The molecule has 0 heterocycles. The van der Waals surface area contributed by atoms with Gasteiger partial charge in [-0.05, 0) is 42.4 Å². The van der Waals surface area contributed by atoms with Gasteiger partial charge < -0.3 is 5.32 Å². The van der Waals surface area contributed by atoms with Crippen LogP contribution in [0.15, 0.2) is 28.7 Å². The van der Waals surface area contributed by atoms with E-state index in [1.165, 1.54) is 5.56 Å². The molecule has 0 bridgehead atoms. The minimum absolute atomic E-state index is 0.0650. The number of hydrogen-bond acceptors (Lipinski definition) is 1. The maximum Gasteiger partial charge on any atom is 0.223 e. The molecular formula is C17H26BrNO. The van der Waals surface area contributed by atoms with Crippen molar-refractivity contribution >= 4 is 21.8 Å². The quantitative estimate of drug-likeness (QED) is 0.774. The summed E-state index contributed by atoms with van der Waals surface area (Å²) in [5.41, 5.74) is 1.37. The van der Waals surface area contributed by atoms with E-state index in [9.17, 15) is 4.79 Å². The number of carbonyl (C=O) groups excluding carboxylic acids is 1. The molecule has 112 valence electrons. The highest BCUT2D eigenvalue weighted by atomic mass is 79.9. The predicted molar refractivity (Wildman–Crippen MR) is 88.7 cm³/mol. The van der Waals surface area contributed by atoms with Gasteiger partial charge >= 0.3 is 0 Å². The van der Waals surface area contributed by atoms with Crippen LogP contribution in [-0.4, -0.2) is 12.5 Å². The summed E-state index contributed by atoms with van der Waals surface area (Å²) >= 11 is 3.45. The molecule has 3 heteroatoms. The molecule has 0 radical (unpaired) electrons. The minimum Gasteiger partial charge on any atom is -0.355 e. The van der Waals surface area contributed by atoms with E-state index < -0.39 is 0 Å². The van der Waals surface area contributed by atoms with E-state index in [1.807, 2.05) is 0 Å². The summed E-state index contributed by atoms with van der Waals surface area (Å²) in [5, 5.41) is 3.11. The second-order valence-electron chi connectivity index (χ2n) is 6.20. The van der Waals surface area contributed by atoms with Gasteiger partial charge in [-0.25, -0.2) is 0 Å². The van der Waals surface area contributed by atoms with Crippen LogP contribution in [0.25, 0.3) is 0 Å². The van der Waals surface area contributed by atoms with E-state index in [-0.39, 0.29) is 17.2 Å². The van der Waals surface area contributed by atoms with Crippen molar-refractivity contribution in [1.82, 2.24) is 5.32 Å². The maximum absolute atomic E-state index is 12.0. The fraction of sp³-hybridized carbons (Fsp3) is 0.588. The lowest BCUT2D eigenvalue weighted by Crippen LogP contribution is -2.38. The van der Waals surface area contributed by atoms with Gasteiger partial charge in [0, 0.05) is 16.9 Å². The standard InChI is InChI=1S/C17H26BrNO/c1-5-14(6-2)16(20)19-12-17(3,4)11-13-7-9-15(18)10-8-13/h7-10,14H,5-6,11-12H2,1-4H3,(H,19,20). The second kappa shape index (κ2) is 7.82. The van der Waals surface area contributed by atoms with Crippen LogP contribution in [0.2, 0.25) is 0 Å². The molecule has 0 aliphatic rings. The fourth-order valence-corrected chi connectivity index (χ4v) is 2.61. The Morgan fingerprint density at radius 2 is 1.75 bits per heavy atom. The van der Waals surface area contributed by atoms with Crippen LogP contribution in [0.4, 0.5) is 0 Å². The Kier molecular flexibility index (Phi) is 6.74. The summed E-state index contributed by atoms with van der Waals surface area (Å²) < 4.78 is 1.10. The van der Waals surface area contributed by atoms with E-state index in [4.69, 9.17) is 0 Å². The fourth-order valence-electron chi connectivity index (χ4n) is 2.35. The van der Waals surface area contributed by atoms with E-state index >= 15 is 0 Å². The van der Waals surface area contributed by atoms with Crippen LogP contribution in [0.5, 0.6) is 0 Å². The van der Waals surface area contributed by atoms with Gasteiger partial charge in [0.15, 0.2) is 0 Å². The molecule has 1 amide bonds. The molecule has 1 N–H and O–H groups in total. The molecule has 1 aromatic rings. The number of nitrogens with one attached hydrogen (secondary N) is 1. The third-order valence-corrected chi connectivity index (χ3v) is 4.22. The van der Waals surface area contributed by atoms with Gasteiger partial charge in [0.05, 0.1) is 0 Å². The van der Waals surface area contributed by atoms with Crippen LogP contribution in [0.3, 0.4) is 0 Å². The third kappa shape index (κ3) is 5.66. The van der Waals surface area contributed by atoms with Crippen LogP contribution in [-0.2, 0) is 11.2 Å². The number of amides is 1. The first-order valence-corrected chi connectivity index (χ1v) is 8.19. The largest absolute Gasteiger partial charge is 0.355 e. The van der Waals surface area contributed by atoms with Crippen molar-refractivity contribution < 1.29 is 4.79 Å². The summed E-state index contributed by atoms with van der Waals surface area (Å²) in [6.45, 7) is 9.25. The van der Waals surface area contributed by atoms with Gasteiger partial charge in [-0.3, -0.25) is 4.79 Å². The van der Waals surface area contributed by atoms with Crippen molar-refractivity contribution in [2.75, 3.05) is 6.54 Å². The molecule has 0 unspecified atom stereocenters. The van der Waals surface area contributed by atoms with Crippen LogP contribution in [0.1, 0.15) is 46.1 Å². The molecule has 2 nitrogen and oxygen atoms in total. The monoisotopic (exact) mass is 339 g/mol. The van der Waals surface area contributed by atoms with Crippen molar-refractivity contribution in [3.05, 3.63) is 34.3 Å². The summed E-state index contributed by atoms with van der Waals surface area (Å²) in [4.78, 5) is 12.0. The zero-order chi connectivity index (χ0) is 15.2. The molecule has 0 aliphatic carbocycles. The summed E-state index contributed by atoms with van der Waals surface area (Å²) in [6.07, 6.45) is 2.79. The molecule has 0 atom stereocenters. The van der Waals surface area contributed by atoms with Gasteiger partial charge in [-0.2, -0.15) is 0 Å². The minimum atomic E-state index is 0.0650. The van der Waals surface area contributed by atoms with Crippen molar-refractivity contribution in [3.8, 4) is 0 Å². The molecule has 0 aromatic heterocycles. The van der Waals surface area contributed by atoms with Crippen LogP contribution >= 0.6 is 15.9 Å². The molecule has 0 fully saturated rings. The number of hydrogen-bond donors (Lipinski definition) is 1. The summed E-state index contributed by atoms with van der Waals surface area (Å²) in [6, 6.07) is 8.39. The van der Waals surface area contributed by atoms with Gasteiger partial charge in [0.1, 0.15) is 0 Å². The topological polar surface area (TPSA) is 29.1 Å². The molecule has 0 saturated heterocycles. The van der Waals surface area contributed by atoms with Gasteiger partial charge in [0.25, 0.3) is 0 Å². The van der Waals surface area contributed by atoms with E-state index in [1.54, 1.807) is 0 Å². The molecule has 0 saturated carbocycles. The Morgan fingerprint density at radius 1 is 1.20 bits per heavy atom. The van der Waals surface area contributed by atoms with Crippen LogP contribution < -0.4 is 5.32 Å². The Labute approximate surface area is 131 Å². The van der Waals surface area contributed by atoms with Gasteiger partial charge in [0.2, 0.25) is 5.91 Å². The molecule has 0 spiro atoms. The zero-order valence-corrected chi connectivity index (χ0v) is 14.6. The Morgan fingerprint density at radius 3 is 2.25 bits per heavy atom. The third-order valence-electron chi connectivity index (χ3n) is 3.69. The Bertz CT molecular complexity index is 421. The highest BCUT2D eigenvalue weighted by Gasteiger charge is 2.21. The maximum atomic E-state index is 12.0. The van der Waals surface area contributed by atoms with E-state index in [0.29, 0.717) is 0 Å². The van der Waals surface area contributed by atoms with Crippen LogP contribution in [0, 0.1) is 11.3 Å². The molecule has 1 rings (SSSR count).